The molecule has 0 aliphatic carbocycles. The zero-order chi connectivity index (χ0) is 19.7. The zero-order valence-corrected chi connectivity index (χ0v) is 16.1. The van der Waals surface area contributed by atoms with Crippen LogP contribution in [0.5, 0.6) is 5.75 Å². The summed E-state index contributed by atoms with van der Waals surface area (Å²) >= 11 is 0. The molecule has 1 aliphatic heterocycles. The van der Waals surface area contributed by atoms with Gasteiger partial charge in [-0.2, -0.15) is 0 Å². The molecular weight excluding hydrogens is 356 g/mol. The Morgan fingerprint density at radius 3 is 2.71 bits per heavy atom. The second-order valence-corrected chi connectivity index (χ2v) is 7.54. The summed E-state index contributed by atoms with van der Waals surface area (Å²) < 4.78 is 5.26. The van der Waals surface area contributed by atoms with Crippen LogP contribution in [0, 0.1) is 0 Å². The third-order valence-electron chi connectivity index (χ3n) is 5.13. The number of hydrogen-bond acceptors (Lipinski definition) is 6. The number of nitrogens with zero attached hydrogens (tertiary/aromatic N) is 4. The fraction of sp³-hybridized carbons (Fsp3) is 0.381. The van der Waals surface area contributed by atoms with E-state index in [1.165, 1.54) is 0 Å². The Morgan fingerprint density at radius 2 is 2.00 bits per heavy atom. The van der Waals surface area contributed by atoms with E-state index in [1.54, 1.807) is 18.3 Å². The number of hydrogen-bond donors (Lipinski definition) is 1. The van der Waals surface area contributed by atoms with Gasteiger partial charge in [0.15, 0.2) is 0 Å². The minimum atomic E-state index is -0.0117. The molecule has 3 heterocycles. The lowest BCUT2D eigenvalue weighted by atomic mass is 10.1. The van der Waals surface area contributed by atoms with Gasteiger partial charge in [-0.05, 0) is 29.7 Å². The molecule has 2 aromatic heterocycles. The smallest absolute Gasteiger partial charge is 0.257 e. The van der Waals surface area contributed by atoms with Gasteiger partial charge >= 0.3 is 0 Å². The van der Waals surface area contributed by atoms with Crippen molar-refractivity contribution in [3.63, 3.8) is 0 Å². The van der Waals surface area contributed by atoms with Crippen LogP contribution in [0.2, 0.25) is 0 Å². The fourth-order valence-corrected chi connectivity index (χ4v) is 3.59. The molecule has 1 fully saturated rings. The summed E-state index contributed by atoms with van der Waals surface area (Å²) in [6.07, 6.45) is 1.57. The van der Waals surface area contributed by atoms with Gasteiger partial charge in [-0.25, -0.2) is 4.98 Å². The maximum Gasteiger partial charge on any atom is 0.257 e. The molecule has 146 valence electrons. The number of fused-ring (bicyclic) bond motifs is 1. The Morgan fingerprint density at radius 1 is 1.21 bits per heavy atom. The fourth-order valence-electron chi connectivity index (χ4n) is 3.59. The van der Waals surface area contributed by atoms with Crippen LogP contribution in [-0.2, 0) is 6.54 Å². The molecule has 1 N–H and O–H groups in total. The standard InChI is InChI=1S/C21H24N4O3/c1-14(2)19-18-11-16(12-22-20(18)28-23-19)21(27)25-8-6-24(7-9-25)13-15-4-3-5-17(26)10-15/h3-5,10-12,14,26H,6-9,13H2,1-2H3. The number of carbonyl (C=O) groups is 1. The second-order valence-electron chi connectivity index (χ2n) is 7.54. The largest absolute Gasteiger partial charge is 0.508 e. The summed E-state index contributed by atoms with van der Waals surface area (Å²) in [4.78, 5) is 21.4. The molecule has 0 radical (unpaired) electrons. The van der Waals surface area contributed by atoms with Crippen molar-refractivity contribution in [2.75, 3.05) is 26.2 Å². The lowest BCUT2D eigenvalue weighted by Crippen LogP contribution is -2.48. The highest BCUT2D eigenvalue weighted by Gasteiger charge is 2.24. The zero-order valence-electron chi connectivity index (χ0n) is 16.1. The van der Waals surface area contributed by atoms with Crippen molar-refractivity contribution in [2.45, 2.75) is 26.3 Å². The van der Waals surface area contributed by atoms with Gasteiger partial charge in [-0.1, -0.05) is 31.1 Å². The van der Waals surface area contributed by atoms with Crippen molar-refractivity contribution in [3.05, 3.63) is 53.3 Å². The first-order valence-electron chi connectivity index (χ1n) is 9.56. The van der Waals surface area contributed by atoms with Crippen molar-refractivity contribution in [2.24, 2.45) is 0 Å². The van der Waals surface area contributed by atoms with Crippen molar-refractivity contribution in [1.82, 2.24) is 19.9 Å². The topological polar surface area (TPSA) is 82.7 Å². The van der Waals surface area contributed by atoms with E-state index in [0.29, 0.717) is 24.4 Å². The van der Waals surface area contributed by atoms with E-state index in [9.17, 15) is 9.90 Å². The molecule has 1 amide bonds. The molecule has 0 saturated carbocycles. The Labute approximate surface area is 163 Å². The second kappa shape index (κ2) is 7.59. The number of carbonyl (C=O) groups excluding carboxylic acids is 1. The molecule has 0 unspecified atom stereocenters. The number of phenols is 1. The van der Waals surface area contributed by atoms with Gasteiger partial charge in [0.1, 0.15) is 5.75 Å². The molecule has 1 aromatic carbocycles. The Kier molecular flexibility index (Phi) is 5.00. The molecule has 1 aliphatic rings. The van der Waals surface area contributed by atoms with Crippen LogP contribution >= 0.6 is 0 Å². The van der Waals surface area contributed by atoms with Crippen molar-refractivity contribution < 1.29 is 14.4 Å². The summed E-state index contributed by atoms with van der Waals surface area (Å²) in [5, 5.41) is 14.5. The summed E-state index contributed by atoms with van der Waals surface area (Å²) in [7, 11) is 0. The highest BCUT2D eigenvalue weighted by molar-refractivity contribution is 5.97. The average Bonchev–Trinajstić information content (AvgIpc) is 3.11. The number of benzene rings is 1. The van der Waals surface area contributed by atoms with Crippen molar-refractivity contribution in [1.29, 1.82) is 0 Å². The Bertz CT molecular complexity index is 990. The highest BCUT2D eigenvalue weighted by Crippen LogP contribution is 2.24. The predicted octanol–water partition coefficient (Wildman–Crippen LogP) is 3.01. The molecule has 0 spiro atoms. The van der Waals surface area contributed by atoms with Gasteiger partial charge in [-0.3, -0.25) is 9.69 Å². The van der Waals surface area contributed by atoms with E-state index in [4.69, 9.17) is 4.52 Å². The number of aromatic hydroxyl groups is 1. The van der Waals surface area contributed by atoms with Gasteiger partial charge in [0.2, 0.25) is 0 Å². The average molecular weight is 380 g/mol. The van der Waals surface area contributed by atoms with Gasteiger partial charge in [-0.15, -0.1) is 0 Å². The number of amides is 1. The van der Waals surface area contributed by atoms with E-state index >= 15 is 0 Å². The van der Waals surface area contributed by atoms with Gasteiger partial charge in [0, 0.05) is 38.9 Å². The lowest BCUT2D eigenvalue weighted by Gasteiger charge is -2.34. The first kappa shape index (κ1) is 18.4. The Balaban J connectivity index is 1.42. The van der Waals surface area contributed by atoms with Crippen LogP contribution in [0.15, 0.2) is 41.1 Å². The van der Waals surface area contributed by atoms with Crippen LogP contribution in [0.3, 0.4) is 0 Å². The van der Waals surface area contributed by atoms with E-state index in [-0.39, 0.29) is 17.6 Å². The van der Waals surface area contributed by atoms with Crippen molar-refractivity contribution >= 4 is 17.0 Å². The molecule has 7 nitrogen and oxygen atoms in total. The van der Waals surface area contributed by atoms with Crippen LogP contribution in [0.1, 0.15) is 41.4 Å². The molecule has 1 saturated heterocycles. The maximum atomic E-state index is 12.9. The van der Waals surface area contributed by atoms with Gasteiger partial charge < -0.3 is 14.5 Å². The van der Waals surface area contributed by atoms with E-state index in [1.807, 2.05) is 36.9 Å². The molecule has 4 rings (SSSR count). The normalized spacial score (nSPS) is 15.5. The number of piperazine rings is 1. The summed E-state index contributed by atoms with van der Waals surface area (Å²) in [6, 6.07) is 9.15. The lowest BCUT2D eigenvalue weighted by molar-refractivity contribution is 0.0628. The van der Waals surface area contributed by atoms with Crippen LogP contribution in [0.4, 0.5) is 0 Å². The van der Waals surface area contributed by atoms with Crippen LogP contribution in [0.25, 0.3) is 11.1 Å². The predicted molar refractivity (Wildman–Crippen MR) is 105 cm³/mol. The summed E-state index contributed by atoms with van der Waals surface area (Å²) in [6.45, 7) is 7.76. The molecule has 7 heteroatoms. The van der Waals surface area contributed by atoms with Gasteiger partial charge in [0.25, 0.3) is 11.6 Å². The monoisotopic (exact) mass is 380 g/mol. The van der Waals surface area contributed by atoms with Crippen LogP contribution in [-0.4, -0.2) is 57.1 Å². The first-order chi connectivity index (χ1) is 13.5. The highest BCUT2D eigenvalue weighted by atomic mass is 16.5. The van der Waals surface area contributed by atoms with Crippen LogP contribution < -0.4 is 0 Å². The molecular formula is C21H24N4O3. The Hall–Kier alpha value is -2.93. The molecule has 3 aromatic rings. The number of pyridine rings is 1. The van der Waals surface area contributed by atoms with E-state index in [2.05, 4.69) is 15.0 Å². The summed E-state index contributed by atoms with van der Waals surface area (Å²) in [5.41, 5.74) is 2.94. The number of rotatable bonds is 4. The van der Waals surface area contributed by atoms with Gasteiger partial charge in [0.05, 0.1) is 16.6 Å². The third-order valence-corrected chi connectivity index (χ3v) is 5.13. The summed E-state index contributed by atoms with van der Waals surface area (Å²) in [5.74, 6) is 0.473. The third kappa shape index (κ3) is 3.71. The maximum absolute atomic E-state index is 12.9. The number of phenolic OH excluding ortho intramolecular Hbond substituents is 1. The SMILES string of the molecule is CC(C)c1noc2ncc(C(=O)N3CCN(Cc4cccc(O)c4)CC3)cc12. The molecule has 0 bridgehead atoms. The van der Waals surface area contributed by atoms with Crippen molar-refractivity contribution in [3.8, 4) is 5.75 Å². The minimum absolute atomic E-state index is 0.0117. The number of aromatic nitrogens is 2. The minimum Gasteiger partial charge on any atom is -0.508 e. The molecule has 28 heavy (non-hydrogen) atoms. The molecule has 0 atom stereocenters. The first-order valence-corrected chi connectivity index (χ1v) is 9.56. The van der Waals surface area contributed by atoms with E-state index in [0.717, 1.165) is 36.3 Å². The van der Waals surface area contributed by atoms with E-state index < -0.39 is 0 Å². The quantitative estimate of drug-likeness (QED) is 0.749.